The molecule has 1 aliphatic heterocycles. The smallest absolute Gasteiger partial charge is 0.251 e. The summed E-state index contributed by atoms with van der Waals surface area (Å²) >= 11 is 0. The van der Waals surface area contributed by atoms with Crippen molar-refractivity contribution < 1.29 is 9.59 Å². The lowest BCUT2D eigenvalue weighted by molar-refractivity contribution is -0.132. The van der Waals surface area contributed by atoms with Crippen molar-refractivity contribution >= 4 is 11.8 Å². The van der Waals surface area contributed by atoms with Gasteiger partial charge in [-0.2, -0.15) is 0 Å². The number of benzene rings is 1. The van der Waals surface area contributed by atoms with E-state index >= 15 is 0 Å². The van der Waals surface area contributed by atoms with E-state index in [1.54, 1.807) is 29.2 Å². The van der Waals surface area contributed by atoms with Gasteiger partial charge in [0.25, 0.3) is 5.91 Å². The zero-order valence-corrected chi connectivity index (χ0v) is 12.0. The molecular weight excluding hydrogens is 254 g/mol. The summed E-state index contributed by atoms with van der Waals surface area (Å²) < 4.78 is 0. The summed E-state index contributed by atoms with van der Waals surface area (Å²) in [6.45, 7) is 6.30. The van der Waals surface area contributed by atoms with Crippen molar-refractivity contribution in [2.45, 2.75) is 19.4 Å². The topological polar surface area (TPSA) is 61.4 Å². The predicted octanol–water partition coefficient (Wildman–Crippen LogP) is 0.627. The van der Waals surface area contributed by atoms with E-state index in [9.17, 15) is 9.59 Å². The molecule has 0 radical (unpaired) electrons. The summed E-state index contributed by atoms with van der Waals surface area (Å²) in [5.74, 6) is -0.253. The third kappa shape index (κ3) is 3.81. The van der Waals surface area contributed by atoms with Gasteiger partial charge < -0.3 is 15.5 Å². The number of amides is 2. The molecule has 0 atom stereocenters. The molecule has 20 heavy (non-hydrogen) atoms. The number of nitrogens with zero attached hydrogens (tertiary/aromatic N) is 1. The molecule has 5 nitrogen and oxygen atoms in total. The Morgan fingerprint density at radius 3 is 2.65 bits per heavy atom. The SMILES string of the molecule is CC1(C)CN(C(=O)CNC(=O)c2ccccc2)CCN1. The molecule has 0 spiro atoms. The molecule has 0 aliphatic carbocycles. The van der Waals surface area contributed by atoms with Gasteiger partial charge in [-0.1, -0.05) is 18.2 Å². The average molecular weight is 275 g/mol. The van der Waals surface area contributed by atoms with E-state index in [-0.39, 0.29) is 23.9 Å². The summed E-state index contributed by atoms with van der Waals surface area (Å²) in [6.07, 6.45) is 0. The second-order valence-corrected chi connectivity index (χ2v) is 5.67. The fraction of sp³-hybridized carbons (Fsp3) is 0.467. The average Bonchev–Trinajstić information content (AvgIpc) is 2.44. The monoisotopic (exact) mass is 275 g/mol. The van der Waals surface area contributed by atoms with Crippen LogP contribution in [0.2, 0.25) is 0 Å². The van der Waals surface area contributed by atoms with Crippen LogP contribution in [0.15, 0.2) is 30.3 Å². The highest BCUT2D eigenvalue weighted by Gasteiger charge is 2.28. The second kappa shape index (κ2) is 6.05. The molecule has 0 unspecified atom stereocenters. The molecule has 1 fully saturated rings. The third-order valence-electron chi connectivity index (χ3n) is 3.36. The van der Waals surface area contributed by atoms with Crippen molar-refractivity contribution in [2.24, 2.45) is 0 Å². The highest BCUT2D eigenvalue weighted by molar-refractivity contribution is 5.96. The molecule has 1 saturated heterocycles. The summed E-state index contributed by atoms with van der Waals surface area (Å²) in [7, 11) is 0. The van der Waals surface area contributed by atoms with E-state index in [2.05, 4.69) is 24.5 Å². The van der Waals surface area contributed by atoms with Crippen LogP contribution < -0.4 is 10.6 Å². The largest absolute Gasteiger partial charge is 0.343 e. The van der Waals surface area contributed by atoms with Crippen LogP contribution in [0, 0.1) is 0 Å². The van der Waals surface area contributed by atoms with Crippen LogP contribution in [-0.2, 0) is 4.79 Å². The zero-order chi connectivity index (χ0) is 14.6. The van der Waals surface area contributed by atoms with Crippen LogP contribution in [0.3, 0.4) is 0 Å². The van der Waals surface area contributed by atoms with Gasteiger partial charge in [-0.05, 0) is 26.0 Å². The molecule has 2 rings (SSSR count). The molecule has 0 aromatic heterocycles. The van der Waals surface area contributed by atoms with Crippen LogP contribution in [0.25, 0.3) is 0 Å². The van der Waals surface area contributed by atoms with Crippen LogP contribution in [0.5, 0.6) is 0 Å². The molecule has 0 saturated carbocycles. The Kier molecular flexibility index (Phi) is 4.39. The van der Waals surface area contributed by atoms with Gasteiger partial charge in [0, 0.05) is 30.7 Å². The minimum absolute atomic E-state index is 0.0381. The molecular formula is C15H21N3O2. The normalized spacial score (nSPS) is 17.6. The van der Waals surface area contributed by atoms with Gasteiger partial charge in [0.1, 0.15) is 0 Å². The lowest BCUT2D eigenvalue weighted by Gasteiger charge is -2.39. The third-order valence-corrected chi connectivity index (χ3v) is 3.36. The van der Waals surface area contributed by atoms with Crippen molar-refractivity contribution in [3.8, 4) is 0 Å². The predicted molar refractivity (Wildman–Crippen MR) is 77.4 cm³/mol. The van der Waals surface area contributed by atoms with E-state index in [1.807, 2.05) is 6.07 Å². The lowest BCUT2D eigenvalue weighted by atomic mass is 10.0. The number of rotatable bonds is 3. The molecule has 108 valence electrons. The molecule has 1 aliphatic rings. The summed E-state index contributed by atoms with van der Waals surface area (Å²) in [5.41, 5.74) is 0.498. The van der Waals surface area contributed by atoms with E-state index in [0.29, 0.717) is 18.7 Å². The number of piperazine rings is 1. The standard InChI is InChI=1S/C15H21N3O2/c1-15(2)11-18(9-8-17-15)13(19)10-16-14(20)12-6-4-3-5-7-12/h3-7,17H,8-11H2,1-2H3,(H,16,20). The first-order chi connectivity index (χ1) is 9.48. The minimum atomic E-state index is -0.214. The Morgan fingerprint density at radius 1 is 1.30 bits per heavy atom. The Hall–Kier alpha value is -1.88. The van der Waals surface area contributed by atoms with E-state index in [0.717, 1.165) is 6.54 Å². The van der Waals surface area contributed by atoms with Gasteiger partial charge in [0.2, 0.25) is 5.91 Å². The summed E-state index contributed by atoms with van der Waals surface area (Å²) in [4.78, 5) is 25.8. The molecule has 2 N–H and O–H groups in total. The summed E-state index contributed by atoms with van der Waals surface area (Å²) in [6, 6.07) is 8.91. The Bertz CT molecular complexity index is 485. The molecule has 1 aromatic rings. The van der Waals surface area contributed by atoms with Crippen LogP contribution in [0.1, 0.15) is 24.2 Å². The second-order valence-electron chi connectivity index (χ2n) is 5.67. The number of carbonyl (C=O) groups excluding carboxylic acids is 2. The Balaban J connectivity index is 1.85. The number of hydrogen-bond donors (Lipinski definition) is 2. The van der Waals surface area contributed by atoms with Gasteiger partial charge in [0.15, 0.2) is 0 Å². The summed E-state index contributed by atoms with van der Waals surface area (Å²) in [5, 5.41) is 6.03. The number of hydrogen-bond acceptors (Lipinski definition) is 3. The Labute approximate surface area is 119 Å². The van der Waals surface area contributed by atoms with Gasteiger partial charge in [-0.15, -0.1) is 0 Å². The fourth-order valence-corrected chi connectivity index (χ4v) is 2.31. The maximum absolute atomic E-state index is 12.1. The molecule has 0 bridgehead atoms. The molecule has 1 aromatic carbocycles. The van der Waals surface area contributed by atoms with E-state index in [4.69, 9.17) is 0 Å². The van der Waals surface area contributed by atoms with Crippen LogP contribution >= 0.6 is 0 Å². The van der Waals surface area contributed by atoms with E-state index in [1.165, 1.54) is 0 Å². The van der Waals surface area contributed by atoms with Gasteiger partial charge in [-0.25, -0.2) is 0 Å². The fourth-order valence-electron chi connectivity index (χ4n) is 2.31. The first-order valence-electron chi connectivity index (χ1n) is 6.84. The highest BCUT2D eigenvalue weighted by atomic mass is 16.2. The lowest BCUT2D eigenvalue weighted by Crippen LogP contribution is -2.59. The van der Waals surface area contributed by atoms with Gasteiger partial charge >= 0.3 is 0 Å². The van der Waals surface area contributed by atoms with Crippen molar-refractivity contribution in [2.75, 3.05) is 26.2 Å². The maximum Gasteiger partial charge on any atom is 0.251 e. The van der Waals surface area contributed by atoms with Crippen LogP contribution in [0.4, 0.5) is 0 Å². The van der Waals surface area contributed by atoms with Crippen molar-refractivity contribution in [3.63, 3.8) is 0 Å². The maximum atomic E-state index is 12.1. The van der Waals surface area contributed by atoms with Crippen LogP contribution in [-0.4, -0.2) is 48.4 Å². The van der Waals surface area contributed by atoms with E-state index < -0.39 is 0 Å². The minimum Gasteiger partial charge on any atom is -0.343 e. The van der Waals surface area contributed by atoms with Crippen molar-refractivity contribution in [3.05, 3.63) is 35.9 Å². The quantitative estimate of drug-likeness (QED) is 0.850. The van der Waals surface area contributed by atoms with Crippen molar-refractivity contribution in [1.82, 2.24) is 15.5 Å². The first-order valence-corrected chi connectivity index (χ1v) is 6.84. The first kappa shape index (κ1) is 14.5. The molecule has 5 heteroatoms. The molecule has 1 heterocycles. The number of carbonyl (C=O) groups is 2. The Morgan fingerprint density at radius 2 is 2.00 bits per heavy atom. The van der Waals surface area contributed by atoms with Gasteiger partial charge in [-0.3, -0.25) is 9.59 Å². The van der Waals surface area contributed by atoms with Gasteiger partial charge in [0.05, 0.1) is 6.54 Å². The zero-order valence-electron chi connectivity index (χ0n) is 12.0. The molecule has 2 amide bonds. The number of nitrogens with one attached hydrogen (secondary N) is 2. The van der Waals surface area contributed by atoms with Crippen molar-refractivity contribution in [1.29, 1.82) is 0 Å². The highest BCUT2D eigenvalue weighted by Crippen LogP contribution is 2.09.